The lowest BCUT2D eigenvalue weighted by molar-refractivity contribution is 0.412. The highest BCUT2D eigenvalue weighted by atomic mass is 32.2. The standard InChI is InChI=1S/C26H26FN5O2S.H2/c1-15(2)25-24(16-5-7-18(27)8-6-16)20-11-17(13-28)22(29)12-21(20)26(31-25)32-35(4,33)23-10-9-19(34-3)14-30-23;/h5-15,28H,29H2,1-4H3;1H. The van der Waals surface area contributed by atoms with Crippen LogP contribution in [0.25, 0.3) is 21.9 Å². The molecule has 1 unspecified atom stereocenters. The predicted octanol–water partition coefficient (Wildman–Crippen LogP) is 6.18. The van der Waals surface area contributed by atoms with Crippen LogP contribution < -0.4 is 10.5 Å². The van der Waals surface area contributed by atoms with E-state index in [1.807, 2.05) is 13.8 Å². The summed E-state index contributed by atoms with van der Waals surface area (Å²) in [5, 5.41) is 9.40. The van der Waals surface area contributed by atoms with Gasteiger partial charge in [0.15, 0.2) is 5.82 Å². The van der Waals surface area contributed by atoms with Crippen molar-refractivity contribution in [2.45, 2.75) is 24.8 Å². The van der Waals surface area contributed by atoms with E-state index < -0.39 is 9.73 Å². The molecule has 9 heteroatoms. The average Bonchev–Trinajstić information content (AvgIpc) is 2.84. The molecular weight excluding hydrogens is 465 g/mol. The van der Waals surface area contributed by atoms with E-state index in [2.05, 4.69) is 9.35 Å². The van der Waals surface area contributed by atoms with Crippen molar-refractivity contribution >= 4 is 38.2 Å². The molecule has 2 aromatic carbocycles. The number of rotatable bonds is 6. The highest BCUT2D eigenvalue weighted by Crippen LogP contribution is 2.41. The minimum absolute atomic E-state index is 0. The van der Waals surface area contributed by atoms with Gasteiger partial charge in [0.2, 0.25) is 0 Å². The van der Waals surface area contributed by atoms with Gasteiger partial charge >= 0.3 is 0 Å². The molecule has 2 heterocycles. The second kappa shape index (κ2) is 9.42. The molecule has 1 atom stereocenters. The summed E-state index contributed by atoms with van der Waals surface area (Å²) < 4.78 is 37.1. The molecule has 4 aromatic rings. The minimum atomic E-state index is -2.97. The van der Waals surface area contributed by atoms with Crippen LogP contribution in [0.4, 0.5) is 15.9 Å². The third-order valence-corrected chi connectivity index (χ3v) is 7.18. The molecule has 0 aliphatic carbocycles. The topological polar surface area (TPSA) is 114 Å². The van der Waals surface area contributed by atoms with Crippen LogP contribution in [-0.4, -0.2) is 33.8 Å². The Morgan fingerprint density at radius 1 is 1.17 bits per heavy atom. The molecule has 0 aliphatic rings. The number of nitrogens with one attached hydrogen (secondary N) is 1. The van der Waals surface area contributed by atoms with Crippen molar-refractivity contribution in [3.8, 4) is 16.9 Å². The summed E-state index contributed by atoms with van der Waals surface area (Å²) in [7, 11) is -1.44. The van der Waals surface area contributed by atoms with Crippen molar-refractivity contribution in [2.24, 2.45) is 4.36 Å². The summed E-state index contributed by atoms with van der Waals surface area (Å²) in [5.74, 6) is 0.445. The highest BCUT2D eigenvalue weighted by molar-refractivity contribution is 7.93. The molecule has 182 valence electrons. The van der Waals surface area contributed by atoms with Crippen molar-refractivity contribution in [1.29, 1.82) is 5.41 Å². The van der Waals surface area contributed by atoms with Gasteiger partial charge in [-0.05, 0) is 53.3 Å². The van der Waals surface area contributed by atoms with Crippen LogP contribution in [0.2, 0.25) is 0 Å². The quantitative estimate of drug-likeness (QED) is 0.246. The van der Waals surface area contributed by atoms with E-state index in [0.29, 0.717) is 33.1 Å². The number of hydrogen-bond acceptors (Lipinski definition) is 7. The normalized spacial score (nSPS) is 13.0. The van der Waals surface area contributed by atoms with Gasteiger partial charge in [-0.3, -0.25) is 0 Å². The van der Waals surface area contributed by atoms with Crippen molar-refractivity contribution < 1.29 is 14.8 Å². The first-order chi connectivity index (χ1) is 16.6. The maximum absolute atomic E-state index is 13.7. The lowest BCUT2D eigenvalue weighted by atomic mass is 9.91. The van der Waals surface area contributed by atoms with E-state index in [1.54, 1.807) is 36.4 Å². The van der Waals surface area contributed by atoms with E-state index in [-0.39, 0.29) is 19.0 Å². The molecule has 35 heavy (non-hydrogen) atoms. The first-order valence-electron chi connectivity index (χ1n) is 10.9. The van der Waals surface area contributed by atoms with Crippen LogP contribution in [0, 0.1) is 11.2 Å². The number of ether oxygens (including phenoxy) is 1. The molecule has 0 saturated heterocycles. The Labute approximate surface area is 205 Å². The summed E-state index contributed by atoms with van der Waals surface area (Å²) in [4.78, 5) is 9.10. The van der Waals surface area contributed by atoms with Gasteiger partial charge in [-0.2, -0.15) is 4.36 Å². The predicted molar refractivity (Wildman–Crippen MR) is 141 cm³/mol. The third-order valence-electron chi connectivity index (χ3n) is 5.64. The van der Waals surface area contributed by atoms with Gasteiger partial charge < -0.3 is 15.9 Å². The zero-order chi connectivity index (χ0) is 25.3. The average molecular weight is 494 g/mol. The number of aromatic nitrogens is 2. The molecule has 4 rings (SSSR count). The van der Waals surface area contributed by atoms with Crippen LogP contribution in [-0.2, 0) is 9.73 Å². The first-order valence-corrected chi connectivity index (χ1v) is 12.8. The molecule has 0 amide bonds. The Balaban J connectivity index is 0.00000361. The Morgan fingerprint density at radius 2 is 1.89 bits per heavy atom. The van der Waals surface area contributed by atoms with Gasteiger partial charge in [-0.15, -0.1) is 0 Å². The summed E-state index contributed by atoms with van der Waals surface area (Å²) in [5.41, 5.74) is 9.39. The van der Waals surface area contributed by atoms with Crippen LogP contribution in [0.3, 0.4) is 0 Å². The van der Waals surface area contributed by atoms with Crippen LogP contribution in [0.1, 0.15) is 32.4 Å². The fourth-order valence-corrected chi connectivity index (χ4v) is 4.98. The molecule has 2 aromatic heterocycles. The van der Waals surface area contributed by atoms with E-state index in [1.165, 1.54) is 37.9 Å². The van der Waals surface area contributed by atoms with Crippen molar-refractivity contribution in [1.82, 2.24) is 9.97 Å². The number of halogens is 1. The van der Waals surface area contributed by atoms with E-state index >= 15 is 0 Å². The number of anilines is 1. The van der Waals surface area contributed by atoms with E-state index in [4.69, 9.17) is 20.9 Å². The van der Waals surface area contributed by atoms with Gasteiger partial charge in [-0.25, -0.2) is 18.6 Å². The molecular formula is C26H28FN5O2S. The van der Waals surface area contributed by atoms with Crippen molar-refractivity contribution in [3.05, 3.63) is 71.8 Å². The maximum Gasteiger partial charge on any atom is 0.170 e. The Morgan fingerprint density at radius 3 is 2.46 bits per heavy atom. The van der Waals surface area contributed by atoms with Crippen LogP contribution in [0.15, 0.2) is 64.1 Å². The first kappa shape index (κ1) is 24.3. The number of methoxy groups -OCH3 is 1. The largest absolute Gasteiger partial charge is 0.495 e. The van der Waals surface area contributed by atoms with E-state index in [0.717, 1.165) is 16.5 Å². The second-order valence-electron chi connectivity index (χ2n) is 8.46. The van der Waals surface area contributed by atoms with Crippen molar-refractivity contribution in [2.75, 3.05) is 19.1 Å². The number of nitrogen functional groups attached to an aromatic ring is 1. The highest BCUT2D eigenvalue weighted by Gasteiger charge is 2.21. The SMILES string of the molecule is COc1ccc(S(C)(=O)=Nc2nc(C(C)C)c(-c3ccc(F)cc3)c3cc(C=N)c(N)cc23)nc1.[HH]. The Hall–Kier alpha value is -3.85. The number of fused-ring (bicyclic) bond motifs is 1. The molecule has 7 nitrogen and oxygen atoms in total. The molecule has 0 aliphatic heterocycles. The molecule has 0 bridgehead atoms. The summed E-state index contributed by atoms with van der Waals surface area (Å²) in [6, 6.07) is 13.0. The monoisotopic (exact) mass is 493 g/mol. The summed E-state index contributed by atoms with van der Waals surface area (Å²) in [6.45, 7) is 3.99. The number of nitrogens with zero attached hydrogens (tertiary/aromatic N) is 3. The van der Waals surface area contributed by atoms with Gasteiger partial charge in [0, 0.05) is 36.1 Å². The lowest BCUT2D eigenvalue weighted by Gasteiger charge is -2.18. The van der Waals surface area contributed by atoms with Crippen LogP contribution in [0.5, 0.6) is 5.75 Å². The second-order valence-corrected chi connectivity index (χ2v) is 10.7. The Bertz CT molecular complexity index is 1550. The molecule has 0 radical (unpaired) electrons. The van der Waals surface area contributed by atoms with Gasteiger partial charge in [0.25, 0.3) is 0 Å². The van der Waals surface area contributed by atoms with Gasteiger partial charge in [0.05, 0.1) is 28.7 Å². The number of benzene rings is 2. The number of nitrogens with two attached hydrogens (primary N) is 1. The summed E-state index contributed by atoms with van der Waals surface area (Å²) >= 11 is 0. The van der Waals surface area contributed by atoms with Gasteiger partial charge in [0.1, 0.15) is 16.6 Å². The number of hydrogen-bond donors (Lipinski definition) is 2. The molecule has 0 fully saturated rings. The third kappa shape index (κ3) is 4.72. The maximum atomic E-state index is 13.7. The fourth-order valence-electron chi connectivity index (χ4n) is 3.85. The molecule has 0 spiro atoms. The lowest BCUT2D eigenvalue weighted by Crippen LogP contribution is -2.04. The fraction of sp³-hybridized carbons (Fsp3) is 0.192. The zero-order valence-electron chi connectivity index (χ0n) is 19.9. The number of pyridine rings is 2. The van der Waals surface area contributed by atoms with Crippen molar-refractivity contribution in [3.63, 3.8) is 0 Å². The smallest absolute Gasteiger partial charge is 0.170 e. The van der Waals surface area contributed by atoms with E-state index in [9.17, 15) is 8.60 Å². The zero-order valence-corrected chi connectivity index (χ0v) is 20.7. The summed E-state index contributed by atoms with van der Waals surface area (Å²) in [6.07, 6.45) is 4.18. The molecule has 3 N–H and O–H groups in total. The Kier molecular flexibility index (Phi) is 6.53. The van der Waals surface area contributed by atoms with Crippen LogP contribution >= 0.6 is 0 Å². The van der Waals surface area contributed by atoms with Gasteiger partial charge in [-0.1, -0.05) is 26.0 Å². The minimum Gasteiger partial charge on any atom is -0.495 e. The molecule has 0 saturated carbocycles.